The third kappa shape index (κ3) is 5.70. The standard InChI is InChI=1S/C9H15N2O2S/c1-8(12)9(13)6-11(2,3)5-4-10-7-14/h4-6H2,1-3H3/q+1. The minimum absolute atomic E-state index is 0.211. The Morgan fingerprint density at radius 2 is 2.00 bits per heavy atom. The Balaban J connectivity index is 4.12. The zero-order valence-corrected chi connectivity index (χ0v) is 9.56. The second-order valence-electron chi connectivity index (χ2n) is 3.77. The Bertz CT molecular complexity index is 281. The van der Waals surface area contributed by atoms with E-state index >= 15 is 0 Å². The van der Waals surface area contributed by atoms with Crippen LogP contribution < -0.4 is 0 Å². The number of rotatable bonds is 6. The first-order chi connectivity index (χ1) is 6.39. The lowest BCUT2D eigenvalue weighted by atomic mass is 10.2. The van der Waals surface area contributed by atoms with E-state index in [0.717, 1.165) is 0 Å². The molecular weight excluding hydrogens is 200 g/mol. The Morgan fingerprint density at radius 3 is 2.43 bits per heavy atom. The number of hydrogen-bond donors (Lipinski definition) is 0. The van der Waals surface area contributed by atoms with Gasteiger partial charge >= 0.3 is 0 Å². The highest BCUT2D eigenvalue weighted by Crippen LogP contribution is 1.97. The average Bonchev–Trinajstić information content (AvgIpc) is 2.03. The van der Waals surface area contributed by atoms with Crippen LogP contribution in [-0.2, 0) is 9.59 Å². The van der Waals surface area contributed by atoms with E-state index in [0.29, 0.717) is 17.6 Å². The van der Waals surface area contributed by atoms with Gasteiger partial charge in [-0.25, -0.2) is 4.99 Å². The number of ketones is 2. The number of carbonyl (C=O) groups excluding carboxylic acids is 2. The monoisotopic (exact) mass is 215 g/mol. The van der Waals surface area contributed by atoms with Crippen molar-refractivity contribution in [3.63, 3.8) is 0 Å². The molecule has 0 aromatic heterocycles. The summed E-state index contributed by atoms with van der Waals surface area (Å²) < 4.78 is 0.443. The quantitative estimate of drug-likeness (QED) is 0.277. The number of nitrogens with zero attached hydrogens (tertiary/aromatic N) is 2. The van der Waals surface area contributed by atoms with Crippen LogP contribution in [-0.4, -0.2) is 54.9 Å². The SMILES string of the molecule is CC(=O)C(=O)C[N+](C)(C)CCN=C=S. The topological polar surface area (TPSA) is 46.5 Å². The molecule has 0 heterocycles. The lowest BCUT2D eigenvalue weighted by Gasteiger charge is -2.27. The number of likely N-dealkylation sites (N-methyl/N-ethyl adjacent to an activating group) is 1. The second-order valence-corrected chi connectivity index (χ2v) is 3.95. The van der Waals surface area contributed by atoms with E-state index in [1.54, 1.807) is 0 Å². The molecule has 0 saturated carbocycles. The summed E-state index contributed by atoms with van der Waals surface area (Å²) in [6.07, 6.45) is 0. The molecule has 0 aromatic carbocycles. The van der Waals surface area contributed by atoms with Crippen molar-refractivity contribution < 1.29 is 14.1 Å². The van der Waals surface area contributed by atoms with Crippen molar-refractivity contribution in [3.05, 3.63) is 0 Å². The van der Waals surface area contributed by atoms with E-state index in [4.69, 9.17) is 0 Å². The summed E-state index contributed by atoms with van der Waals surface area (Å²) in [4.78, 5) is 25.7. The lowest BCUT2D eigenvalue weighted by molar-refractivity contribution is -0.880. The number of Topliss-reactive ketones (excluding diaryl/α,β-unsaturated/α-hetero) is 2. The molecular formula is C9H15N2O2S+. The van der Waals surface area contributed by atoms with Gasteiger partial charge in [0.25, 0.3) is 5.78 Å². The maximum Gasteiger partial charge on any atom is 0.251 e. The summed E-state index contributed by atoms with van der Waals surface area (Å²) >= 11 is 4.43. The Morgan fingerprint density at radius 1 is 1.43 bits per heavy atom. The van der Waals surface area contributed by atoms with Gasteiger partial charge in [0, 0.05) is 6.92 Å². The molecule has 0 aliphatic carbocycles. The van der Waals surface area contributed by atoms with E-state index in [9.17, 15) is 9.59 Å². The molecule has 0 bridgehead atoms. The molecule has 0 aromatic rings. The first kappa shape index (κ1) is 13.1. The molecule has 0 fully saturated rings. The molecule has 78 valence electrons. The van der Waals surface area contributed by atoms with E-state index in [2.05, 4.69) is 22.4 Å². The van der Waals surface area contributed by atoms with Crippen molar-refractivity contribution in [1.29, 1.82) is 0 Å². The number of isothiocyanates is 1. The van der Waals surface area contributed by atoms with Crippen molar-refractivity contribution in [3.8, 4) is 0 Å². The van der Waals surface area contributed by atoms with E-state index in [1.165, 1.54) is 6.92 Å². The molecule has 0 rings (SSSR count). The highest BCUT2D eigenvalue weighted by Gasteiger charge is 2.21. The maximum absolute atomic E-state index is 11.2. The fourth-order valence-corrected chi connectivity index (χ4v) is 1.04. The molecule has 0 aliphatic rings. The van der Waals surface area contributed by atoms with Crippen molar-refractivity contribution >= 4 is 28.9 Å². The molecule has 14 heavy (non-hydrogen) atoms. The van der Waals surface area contributed by atoms with E-state index < -0.39 is 5.78 Å². The summed E-state index contributed by atoms with van der Waals surface area (Å²) in [5.41, 5.74) is 0. The molecule has 0 amide bonds. The van der Waals surface area contributed by atoms with Crippen LogP contribution in [0.5, 0.6) is 0 Å². The van der Waals surface area contributed by atoms with E-state index in [1.807, 2.05) is 14.1 Å². The van der Waals surface area contributed by atoms with Crippen LogP contribution in [0.15, 0.2) is 4.99 Å². The van der Waals surface area contributed by atoms with Crippen molar-refractivity contribution in [2.24, 2.45) is 4.99 Å². The van der Waals surface area contributed by atoms with Gasteiger partial charge in [0.05, 0.1) is 32.3 Å². The van der Waals surface area contributed by atoms with Gasteiger partial charge in [0.1, 0.15) is 6.54 Å². The van der Waals surface area contributed by atoms with Gasteiger partial charge in [-0.2, -0.15) is 0 Å². The van der Waals surface area contributed by atoms with Gasteiger partial charge in [-0.05, 0) is 12.2 Å². The molecule has 0 atom stereocenters. The molecule has 0 saturated heterocycles. The fraction of sp³-hybridized carbons (Fsp3) is 0.667. The largest absolute Gasteiger partial charge is 0.320 e. The molecule has 4 nitrogen and oxygen atoms in total. The van der Waals surface area contributed by atoms with Gasteiger partial charge in [0.15, 0.2) is 0 Å². The second kappa shape index (κ2) is 5.75. The van der Waals surface area contributed by atoms with Crippen LogP contribution >= 0.6 is 12.2 Å². The van der Waals surface area contributed by atoms with Crippen molar-refractivity contribution in [2.75, 3.05) is 33.7 Å². The summed E-state index contributed by atoms with van der Waals surface area (Å²) in [5, 5.41) is 2.26. The van der Waals surface area contributed by atoms with E-state index in [-0.39, 0.29) is 12.3 Å². The van der Waals surface area contributed by atoms with Gasteiger partial charge in [0.2, 0.25) is 5.78 Å². The van der Waals surface area contributed by atoms with Gasteiger partial charge in [-0.15, -0.1) is 0 Å². The van der Waals surface area contributed by atoms with Crippen LogP contribution in [0.4, 0.5) is 0 Å². The van der Waals surface area contributed by atoms with Crippen LogP contribution in [0.2, 0.25) is 0 Å². The zero-order chi connectivity index (χ0) is 11.2. The first-order valence-electron chi connectivity index (χ1n) is 4.28. The lowest BCUT2D eigenvalue weighted by Crippen LogP contribution is -2.46. The number of aliphatic imine (C=N–C) groups is 1. The normalized spacial score (nSPS) is 10.5. The van der Waals surface area contributed by atoms with Crippen LogP contribution in [0.3, 0.4) is 0 Å². The smallest absolute Gasteiger partial charge is 0.251 e. The molecule has 0 unspecified atom stereocenters. The summed E-state index contributed by atoms with van der Waals surface area (Å²) in [6.45, 7) is 2.70. The summed E-state index contributed by atoms with van der Waals surface area (Å²) in [7, 11) is 3.75. The first-order valence-corrected chi connectivity index (χ1v) is 4.69. The third-order valence-corrected chi connectivity index (χ3v) is 1.98. The molecule has 0 spiro atoms. The van der Waals surface area contributed by atoms with Crippen molar-refractivity contribution in [2.45, 2.75) is 6.92 Å². The molecule has 5 heteroatoms. The fourth-order valence-electron chi connectivity index (χ4n) is 0.946. The third-order valence-electron chi connectivity index (χ3n) is 1.85. The minimum atomic E-state index is -0.394. The van der Waals surface area contributed by atoms with Gasteiger partial charge in [-0.1, -0.05) is 0 Å². The Kier molecular flexibility index (Phi) is 5.38. The highest BCUT2D eigenvalue weighted by molar-refractivity contribution is 7.78. The van der Waals surface area contributed by atoms with Crippen LogP contribution in [0, 0.1) is 0 Å². The van der Waals surface area contributed by atoms with Crippen molar-refractivity contribution in [1.82, 2.24) is 0 Å². The predicted octanol–water partition coefficient (Wildman–Crippen LogP) is 0.324. The minimum Gasteiger partial charge on any atom is -0.320 e. The molecule has 0 N–H and O–H groups in total. The van der Waals surface area contributed by atoms with Gasteiger partial charge in [-0.3, -0.25) is 9.59 Å². The Hall–Kier alpha value is -0.900. The van der Waals surface area contributed by atoms with Gasteiger partial charge < -0.3 is 4.48 Å². The Labute approximate surface area is 89.2 Å². The zero-order valence-electron chi connectivity index (χ0n) is 8.74. The molecule has 0 radical (unpaired) electrons. The van der Waals surface area contributed by atoms with Crippen LogP contribution in [0.1, 0.15) is 6.92 Å². The molecule has 0 aliphatic heterocycles. The maximum atomic E-state index is 11.2. The number of quaternary nitrogens is 1. The number of carbonyl (C=O) groups is 2. The number of hydrogen-bond acceptors (Lipinski definition) is 4. The number of thiocarbonyl (C=S) groups is 1. The predicted molar refractivity (Wildman–Crippen MR) is 57.4 cm³/mol. The average molecular weight is 215 g/mol. The van der Waals surface area contributed by atoms with Crippen LogP contribution in [0.25, 0.3) is 0 Å². The highest BCUT2D eigenvalue weighted by atomic mass is 32.1. The summed E-state index contributed by atoms with van der Waals surface area (Å²) in [5.74, 6) is -0.740. The summed E-state index contributed by atoms with van der Waals surface area (Å²) in [6, 6.07) is 0.